The highest BCUT2D eigenvalue weighted by Gasteiger charge is 2.26. The van der Waals surface area contributed by atoms with E-state index >= 15 is 0 Å². The molecule has 0 saturated carbocycles. The number of hydrogen-bond acceptors (Lipinski definition) is 3. The van der Waals surface area contributed by atoms with Crippen LogP contribution in [0.2, 0.25) is 4.34 Å². The van der Waals surface area contributed by atoms with Crippen LogP contribution in [0.3, 0.4) is 0 Å². The molecule has 118 valence electrons. The third kappa shape index (κ3) is 3.07. The van der Waals surface area contributed by atoms with Crippen LogP contribution in [0, 0.1) is 0 Å². The highest BCUT2D eigenvalue weighted by Crippen LogP contribution is 2.33. The van der Waals surface area contributed by atoms with E-state index in [4.69, 9.17) is 11.6 Å². The lowest BCUT2D eigenvalue weighted by Crippen LogP contribution is -2.44. The van der Waals surface area contributed by atoms with Gasteiger partial charge in [-0.05, 0) is 39.1 Å². The van der Waals surface area contributed by atoms with E-state index in [-0.39, 0.29) is 5.91 Å². The number of amides is 1. The lowest BCUT2D eigenvalue weighted by Gasteiger charge is -2.35. The molecule has 0 atom stereocenters. The predicted octanol–water partition coefficient (Wildman–Crippen LogP) is 3.56. The zero-order valence-corrected chi connectivity index (χ0v) is 14.4. The summed E-state index contributed by atoms with van der Waals surface area (Å²) in [6.07, 6.45) is 5.73. The summed E-state index contributed by atoms with van der Waals surface area (Å²) in [4.78, 5) is 21.1. The Bertz CT molecular complexity index is 656. The van der Waals surface area contributed by atoms with Crippen molar-refractivity contribution >= 4 is 28.8 Å². The summed E-state index contributed by atoms with van der Waals surface area (Å²) >= 11 is 7.51. The van der Waals surface area contributed by atoms with Gasteiger partial charge in [-0.3, -0.25) is 4.79 Å². The molecule has 1 aliphatic heterocycles. The van der Waals surface area contributed by atoms with Crippen molar-refractivity contribution in [3.05, 3.63) is 34.4 Å². The van der Waals surface area contributed by atoms with E-state index < -0.39 is 0 Å². The second kappa shape index (κ2) is 6.44. The van der Waals surface area contributed by atoms with Crippen molar-refractivity contribution in [3.8, 4) is 10.4 Å². The normalized spacial score (nSPS) is 16.5. The average Bonchev–Trinajstić information content (AvgIpc) is 3.15. The number of rotatable bonds is 3. The fraction of sp³-hybridized carbons (Fsp3) is 0.438. The molecule has 4 nitrogen and oxygen atoms in total. The Hall–Kier alpha value is -1.30. The Balaban J connectivity index is 1.76. The summed E-state index contributed by atoms with van der Waals surface area (Å²) in [5.41, 5.74) is 1.68. The number of thiophene rings is 1. The van der Waals surface area contributed by atoms with Gasteiger partial charge < -0.3 is 14.8 Å². The maximum absolute atomic E-state index is 12.8. The van der Waals surface area contributed by atoms with Gasteiger partial charge in [0.2, 0.25) is 0 Å². The van der Waals surface area contributed by atoms with E-state index in [1.165, 1.54) is 11.3 Å². The molecule has 6 heteroatoms. The highest BCUT2D eigenvalue weighted by molar-refractivity contribution is 7.19. The minimum atomic E-state index is 0.109. The Kier molecular flexibility index (Phi) is 4.57. The number of H-pyrrole nitrogens is 1. The molecule has 0 aliphatic carbocycles. The molecule has 1 amide bonds. The van der Waals surface area contributed by atoms with Gasteiger partial charge in [0.1, 0.15) is 0 Å². The molecule has 2 aromatic rings. The Labute approximate surface area is 139 Å². The van der Waals surface area contributed by atoms with E-state index in [1.807, 2.05) is 23.2 Å². The second-order valence-corrected chi connectivity index (χ2v) is 7.59. The van der Waals surface area contributed by atoms with Crippen LogP contribution >= 0.6 is 22.9 Å². The molecule has 3 rings (SSSR count). The number of nitrogens with one attached hydrogen (secondary N) is 1. The number of halogens is 1. The van der Waals surface area contributed by atoms with Gasteiger partial charge in [-0.1, -0.05) is 11.6 Å². The van der Waals surface area contributed by atoms with Crippen LogP contribution in [0.15, 0.2) is 24.5 Å². The summed E-state index contributed by atoms with van der Waals surface area (Å²) in [6.45, 7) is 1.63. The second-order valence-electron chi connectivity index (χ2n) is 5.87. The van der Waals surface area contributed by atoms with Gasteiger partial charge >= 0.3 is 0 Å². The number of aromatic amines is 1. The zero-order chi connectivity index (χ0) is 15.7. The van der Waals surface area contributed by atoms with Crippen LogP contribution in [0.5, 0.6) is 0 Å². The lowest BCUT2D eigenvalue weighted by atomic mass is 10.0. The van der Waals surface area contributed by atoms with Gasteiger partial charge in [0.25, 0.3) is 5.91 Å². The predicted molar refractivity (Wildman–Crippen MR) is 91.7 cm³/mol. The molecule has 1 saturated heterocycles. The Morgan fingerprint density at radius 1 is 1.32 bits per heavy atom. The molecule has 22 heavy (non-hydrogen) atoms. The molecule has 2 aromatic heterocycles. The summed E-state index contributed by atoms with van der Waals surface area (Å²) in [7, 11) is 4.21. The van der Waals surface area contributed by atoms with Gasteiger partial charge in [-0.2, -0.15) is 0 Å². The van der Waals surface area contributed by atoms with Crippen molar-refractivity contribution in [1.29, 1.82) is 0 Å². The highest BCUT2D eigenvalue weighted by atomic mass is 35.5. The van der Waals surface area contributed by atoms with E-state index in [2.05, 4.69) is 24.0 Å². The van der Waals surface area contributed by atoms with Crippen LogP contribution in [-0.2, 0) is 0 Å². The first-order valence-electron chi connectivity index (χ1n) is 7.44. The number of aromatic nitrogens is 1. The minimum absolute atomic E-state index is 0.109. The van der Waals surface area contributed by atoms with Gasteiger partial charge in [-0.25, -0.2) is 0 Å². The molecule has 3 heterocycles. The first kappa shape index (κ1) is 15.6. The van der Waals surface area contributed by atoms with Crippen molar-refractivity contribution in [3.63, 3.8) is 0 Å². The molecular formula is C16H20ClN3OS. The monoisotopic (exact) mass is 337 g/mol. The number of hydrogen-bond donors (Lipinski definition) is 1. The molecule has 0 aromatic carbocycles. The van der Waals surface area contributed by atoms with Crippen molar-refractivity contribution in [1.82, 2.24) is 14.8 Å². The fourth-order valence-corrected chi connectivity index (χ4v) is 4.03. The van der Waals surface area contributed by atoms with E-state index in [0.29, 0.717) is 6.04 Å². The van der Waals surface area contributed by atoms with E-state index in [9.17, 15) is 4.79 Å². The molecule has 1 fully saturated rings. The average molecular weight is 338 g/mol. The van der Waals surface area contributed by atoms with Gasteiger partial charge in [0.15, 0.2) is 0 Å². The molecular weight excluding hydrogens is 318 g/mol. The standard InChI is InChI=1S/C16H20ClN3OS/c1-19(2)11-5-7-20(8-6-11)16(21)13-10-18-9-12(13)14-3-4-15(17)22-14/h3-4,9-11,18H,5-8H2,1-2H3. The number of piperidine rings is 1. The number of carbonyl (C=O) groups is 1. The van der Waals surface area contributed by atoms with Crippen LogP contribution in [-0.4, -0.2) is 53.9 Å². The first-order valence-corrected chi connectivity index (χ1v) is 8.64. The molecule has 0 spiro atoms. The largest absolute Gasteiger partial charge is 0.366 e. The van der Waals surface area contributed by atoms with Crippen molar-refractivity contribution in [2.24, 2.45) is 0 Å². The smallest absolute Gasteiger partial charge is 0.256 e. The van der Waals surface area contributed by atoms with E-state index in [1.54, 1.807) is 6.20 Å². The van der Waals surface area contributed by atoms with Crippen LogP contribution in [0.1, 0.15) is 23.2 Å². The van der Waals surface area contributed by atoms with Crippen molar-refractivity contribution < 1.29 is 4.79 Å². The summed E-state index contributed by atoms with van der Waals surface area (Å²) in [5.74, 6) is 0.109. The van der Waals surface area contributed by atoms with Gasteiger partial charge in [-0.15, -0.1) is 11.3 Å². The lowest BCUT2D eigenvalue weighted by molar-refractivity contribution is 0.0664. The number of nitrogens with zero attached hydrogens (tertiary/aromatic N) is 2. The maximum Gasteiger partial charge on any atom is 0.256 e. The van der Waals surface area contributed by atoms with Crippen LogP contribution in [0.25, 0.3) is 10.4 Å². The third-order valence-corrected chi connectivity index (χ3v) is 5.56. The SMILES string of the molecule is CN(C)C1CCN(C(=O)c2c[nH]cc2-c2ccc(Cl)s2)CC1. The third-order valence-electron chi connectivity index (χ3n) is 4.30. The topological polar surface area (TPSA) is 39.3 Å². The zero-order valence-electron chi connectivity index (χ0n) is 12.8. The molecule has 0 bridgehead atoms. The van der Waals surface area contributed by atoms with Crippen molar-refractivity contribution in [2.75, 3.05) is 27.2 Å². The molecule has 1 aliphatic rings. The van der Waals surface area contributed by atoms with Crippen LogP contribution < -0.4 is 0 Å². The number of carbonyl (C=O) groups excluding carboxylic acids is 1. The van der Waals surface area contributed by atoms with Gasteiger partial charge in [0, 0.05) is 42.0 Å². The first-order chi connectivity index (χ1) is 10.6. The Morgan fingerprint density at radius 2 is 2.05 bits per heavy atom. The van der Waals surface area contributed by atoms with Gasteiger partial charge in [0.05, 0.1) is 9.90 Å². The quantitative estimate of drug-likeness (QED) is 0.930. The summed E-state index contributed by atoms with van der Waals surface area (Å²) in [5, 5.41) is 0. The minimum Gasteiger partial charge on any atom is -0.366 e. The Morgan fingerprint density at radius 3 is 2.64 bits per heavy atom. The number of likely N-dealkylation sites (tertiary alicyclic amines) is 1. The summed E-state index contributed by atoms with van der Waals surface area (Å²) in [6, 6.07) is 4.40. The molecule has 0 unspecified atom stereocenters. The van der Waals surface area contributed by atoms with Crippen molar-refractivity contribution in [2.45, 2.75) is 18.9 Å². The fourth-order valence-electron chi connectivity index (χ4n) is 2.96. The van der Waals surface area contributed by atoms with Crippen LogP contribution in [0.4, 0.5) is 0 Å². The maximum atomic E-state index is 12.8. The molecule has 1 N–H and O–H groups in total. The van der Waals surface area contributed by atoms with E-state index in [0.717, 1.165) is 46.3 Å². The molecule has 0 radical (unpaired) electrons. The summed E-state index contributed by atoms with van der Waals surface area (Å²) < 4.78 is 0.737.